The number of rotatable bonds is 6. The van der Waals surface area contributed by atoms with Crippen molar-refractivity contribution in [3.05, 3.63) is 83.3 Å². The molecule has 0 aliphatic carbocycles. The van der Waals surface area contributed by atoms with Gasteiger partial charge in [-0.15, -0.1) is 0 Å². The van der Waals surface area contributed by atoms with Gasteiger partial charge in [-0.25, -0.2) is 19.3 Å². The maximum absolute atomic E-state index is 14.9. The second-order valence-electron chi connectivity index (χ2n) is 8.26. The number of benzene rings is 1. The van der Waals surface area contributed by atoms with Crippen LogP contribution in [0.15, 0.2) is 55.5 Å². The highest BCUT2D eigenvalue weighted by Crippen LogP contribution is 2.34. The van der Waals surface area contributed by atoms with Crippen LogP contribution in [0.2, 0.25) is 5.02 Å². The zero-order valence-corrected chi connectivity index (χ0v) is 19.2. The minimum Gasteiger partial charge on any atom is -0.382 e. The Bertz CT molecular complexity index is 1340. The Morgan fingerprint density at radius 3 is 2.55 bits per heavy atom. The number of pyridine rings is 2. The summed E-state index contributed by atoms with van der Waals surface area (Å²) in [7, 11) is 0. The predicted molar refractivity (Wildman–Crippen MR) is 129 cm³/mol. The molecule has 1 aromatic carbocycles. The second-order valence-corrected chi connectivity index (χ2v) is 8.67. The largest absolute Gasteiger partial charge is 0.382 e. The van der Waals surface area contributed by atoms with Crippen LogP contribution in [-0.4, -0.2) is 25.0 Å². The van der Waals surface area contributed by atoms with Crippen LogP contribution in [0.25, 0.3) is 28.4 Å². The fraction of sp³-hybridized carbons (Fsp3) is 0.200. The Hall–Kier alpha value is -3.42. The number of nitrogens with zero attached hydrogens (tertiary/aromatic N) is 4. The minimum atomic E-state index is -1.21. The highest BCUT2D eigenvalue weighted by atomic mass is 35.5. The molecular weight excluding hydrogens is 441 g/mol. The molecule has 0 saturated heterocycles. The van der Waals surface area contributed by atoms with Crippen molar-refractivity contribution in [3.8, 4) is 11.3 Å². The van der Waals surface area contributed by atoms with Crippen molar-refractivity contribution in [1.29, 1.82) is 0 Å². The molecule has 4 rings (SSSR count). The average Bonchev–Trinajstić information content (AvgIpc) is 2.80. The van der Waals surface area contributed by atoms with Gasteiger partial charge in [0.2, 0.25) is 0 Å². The summed E-state index contributed by atoms with van der Waals surface area (Å²) in [6.45, 7) is 8.97. The summed E-state index contributed by atoms with van der Waals surface area (Å²) >= 11 is 6.48. The van der Waals surface area contributed by atoms with Crippen molar-refractivity contribution in [2.75, 3.05) is 5.32 Å². The first kappa shape index (κ1) is 22.8. The number of hydrogen-bond acceptors (Lipinski definition) is 6. The Balaban J connectivity index is 1.77. The molecule has 0 aliphatic heterocycles. The van der Waals surface area contributed by atoms with Crippen molar-refractivity contribution in [1.82, 2.24) is 19.9 Å². The lowest BCUT2D eigenvalue weighted by Crippen LogP contribution is -2.19. The van der Waals surface area contributed by atoms with E-state index >= 15 is 0 Å². The van der Waals surface area contributed by atoms with Gasteiger partial charge in [-0.2, -0.15) is 0 Å². The van der Waals surface area contributed by atoms with Gasteiger partial charge in [-0.1, -0.05) is 42.5 Å². The average molecular weight is 464 g/mol. The molecule has 0 spiro atoms. The molecule has 2 N–H and O–H groups in total. The van der Waals surface area contributed by atoms with Crippen LogP contribution in [0.5, 0.6) is 0 Å². The molecule has 168 valence electrons. The van der Waals surface area contributed by atoms with Gasteiger partial charge in [0.05, 0.1) is 16.2 Å². The van der Waals surface area contributed by atoms with Gasteiger partial charge in [0, 0.05) is 36.3 Å². The number of fused-ring (bicyclic) bond motifs is 1. The van der Waals surface area contributed by atoms with E-state index in [0.717, 1.165) is 11.1 Å². The van der Waals surface area contributed by atoms with Gasteiger partial charge >= 0.3 is 0 Å². The molecule has 0 saturated carbocycles. The van der Waals surface area contributed by atoms with Crippen molar-refractivity contribution >= 4 is 34.4 Å². The van der Waals surface area contributed by atoms with Gasteiger partial charge in [0.15, 0.2) is 11.6 Å². The zero-order valence-electron chi connectivity index (χ0n) is 18.5. The topological polar surface area (TPSA) is 83.8 Å². The maximum atomic E-state index is 14.9. The van der Waals surface area contributed by atoms with E-state index in [1.165, 1.54) is 24.7 Å². The van der Waals surface area contributed by atoms with Crippen LogP contribution in [0, 0.1) is 5.82 Å². The first-order chi connectivity index (χ1) is 15.7. The first-order valence-corrected chi connectivity index (χ1v) is 10.7. The number of halogens is 2. The van der Waals surface area contributed by atoms with E-state index in [1.54, 1.807) is 19.9 Å². The highest BCUT2D eigenvalue weighted by molar-refractivity contribution is 6.34. The van der Waals surface area contributed by atoms with Crippen LogP contribution in [-0.2, 0) is 5.60 Å². The minimum absolute atomic E-state index is 0.0678. The maximum Gasteiger partial charge on any atom is 0.159 e. The molecule has 0 bridgehead atoms. The number of nitrogens with one attached hydrogen (secondary N) is 1. The SMILES string of the molecule is C=Cc1cccc(C(C)Nc2c(Cl)cnc3cc(F)c(-c4cnc(C(C)(C)O)nc4)nc23)c1. The monoisotopic (exact) mass is 463 g/mol. The van der Waals surface area contributed by atoms with E-state index in [0.29, 0.717) is 27.3 Å². The zero-order chi connectivity index (χ0) is 23.8. The van der Waals surface area contributed by atoms with Gasteiger partial charge in [0.1, 0.15) is 16.8 Å². The molecular formula is C25H23ClFN5O. The first-order valence-electron chi connectivity index (χ1n) is 10.4. The van der Waals surface area contributed by atoms with Crippen LogP contribution >= 0.6 is 11.6 Å². The van der Waals surface area contributed by atoms with Crippen LogP contribution < -0.4 is 5.32 Å². The van der Waals surface area contributed by atoms with Crippen LogP contribution in [0.3, 0.4) is 0 Å². The standard InChI is InChI=1S/C25H23ClFN5O/c1-5-15-7-6-8-16(9-15)14(2)31-22-18(26)13-28-20-10-19(27)21(32-23(20)22)17-11-29-24(30-12-17)25(3,4)33/h5-14,33H,1H2,2-4H3,(H,28,31). The van der Waals surface area contributed by atoms with E-state index in [9.17, 15) is 9.50 Å². The summed E-state index contributed by atoms with van der Waals surface area (Å²) < 4.78 is 14.9. The molecule has 3 aromatic heterocycles. The van der Waals surface area contributed by atoms with Gasteiger partial charge < -0.3 is 10.4 Å². The predicted octanol–water partition coefficient (Wildman–Crippen LogP) is 5.92. The molecule has 8 heteroatoms. The van der Waals surface area contributed by atoms with Gasteiger partial charge in [-0.3, -0.25) is 4.98 Å². The van der Waals surface area contributed by atoms with E-state index in [1.807, 2.05) is 31.2 Å². The third-order valence-corrected chi connectivity index (χ3v) is 5.51. The molecule has 1 atom stereocenters. The lowest BCUT2D eigenvalue weighted by molar-refractivity contribution is 0.0687. The highest BCUT2D eigenvalue weighted by Gasteiger charge is 2.21. The second kappa shape index (κ2) is 8.84. The third-order valence-electron chi connectivity index (χ3n) is 5.23. The number of hydrogen-bond donors (Lipinski definition) is 2. The van der Waals surface area contributed by atoms with E-state index in [4.69, 9.17) is 11.6 Å². The molecule has 1 unspecified atom stereocenters. The van der Waals surface area contributed by atoms with E-state index < -0.39 is 11.4 Å². The van der Waals surface area contributed by atoms with Crippen molar-refractivity contribution in [3.63, 3.8) is 0 Å². The fourth-order valence-electron chi connectivity index (χ4n) is 3.43. The van der Waals surface area contributed by atoms with Crippen molar-refractivity contribution in [2.45, 2.75) is 32.4 Å². The van der Waals surface area contributed by atoms with Crippen LogP contribution in [0.1, 0.15) is 43.8 Å². The Kier molecular flexibility index (Phi) is 6.10. The quantitative estimate of drug-likeness (QED) is 0.369. The molecule has 33 heavy (non-hydrogen) atoms. The summed E-state index contributed by atoms with van der Waals surface area (Å²) in [5, 5.41) is 13.8. The lowest BCUT2D eigenvalue weighted by atomic mass is 10.0. The summed E-state index contributed by atoms with van der Waals surface area (Å²) in [6, 6.07) is 9.16. The number of aromatic nitrogens is 4. The smallest absolute Gasteiger partial charge is 0.159 e. The summed E-state index contributed by atoms with van der Waals surface area (Å²) in [5.74, 6) is -0.329. The van der Waals surface area contributed by atoms with Crippen molar-refractivity contribution in [2.24, 2.45) is 0 Å². The summed E-state index contributed by atoms with van der Waals surface area (Å²) in [4.78, 5) is 17.1. The fourth-order valence-corrected chi connectivity index (χ4v) is 3.62. The van der Waals surface area contributed by atoms with E-state index in [-0.39, 0.29) is 17.6 Å². The summed E-state index contributed by atoms with van der Waals surface area (Å²) in [5.41, 5.74) is 2.62. The molecule has 0 radical (unpaired) electrons. The molecule has 3 heterocycles. The molecule has 4 aromatic rings. The number of aliphatic hydroxyl groups is 1. The van der Waals surface area contributed by atoms with Gasteiger partial charge in [-0.05, 0) is 38.0 Å². The van der Waals surface area contributed by atoms with E-state index in [2.05, 4.69) is 31.8 Å². The molecule has 6 nitrogen and oxygen atoms in total. The lowest BCUT2D eigenvalue weighted by Gasteiger charge is -2.19. The summed E-state index contributed by atoms with van der Waals surface area (Å²) in [6.07, 6.45) is 6.13. The molecule has 0 aliphatic rings. The molecule has 0 amide bonds. The number of anilines is 1. The third kappa shape index (κ3) is 4.69. The van der Waals surface area contributed by atoms with Crippen LogP contribution in [0.4, 0.5) is 10.1 Å². The Labute approximate surface area is 196 Å². The van der Waals surface area contributed by atoms with Gasteiger partial charge in [0.25, 0.3) is 0 Å². The Morgan fingerprint density at radius 2 is 1.88 bits per heavy atom. The Morgan fingerprint density at radius 1 is 1.15 bits per heavy atom. The normalized spacial score (nSPS) is 12.5. The van der Waals surface area contributed by atoms with Crippen molar-refractivity contribution < 1.29 is 9.50 Å². The molecule has 0 fully saturated rings.